The van der Waals surface area contributed by atoms with E-state index in [9.17, 15) is 10.1 Å². The standard InChI is InChI=1S/C10H7N5O2S/c11-5-8-9(12)18-10(14-8)13-6-1-3-7(4-2-6)15(16)17/h1-4H,12H2,(H,13,14). The molecule has 0 amide bonds. The predicted octanol–water partition coefficient (Wildman–Crippen LogP) is 2.25. The number of rotatable bonds is 3. The molecule has 18 heavy (non-hydrogen) atoms. The summed E-state index contributed by atoms with van der Waals surface area (Å²) in [5.74, 6) is 0. The number of nitrogens with one attached hydrogen (secondary N) is 1. The van der Waals surface area contributed by atoms with Crippen LogP contribution in [0, 0.1) is 21.4 Å². The van der Waals surface area contributed by atoms with Crippen LogP contribution in [0.2, 0.25) is 0 Å². The van der Waals surface area contributed by atoms with Gasteiger partial charge in [-0.2, -0.15) is 5.26 Å². The lowest BCUT2D eigenvalue weighted by Crippen LogP contribution is -1.91. The molecular weight excluding hydrogens is 254 g/mol. The molecule has 0 aliphatic heterocycles. The summed E-state index contributed by atoms with van der Waals surface area (Å²) in [5.41, 5.74) is 6.39. The third-order valence-electron chi connectivity index (χ3n) is 2.09. The van der Waals surface area contributed by atoms with Crippen molar-refractivity contribution in [2.75, 3.05) is 11.1 Å². The molecule has 0 atom stereocenters. The van der Waals surface area contributed by atoms with E-state index >= 15 is 0 Å². The number of non-ortho nitro benzene ring substituents is 1. The fourth-order valence-electron chi connectivity index (χ4n) is 1.26. The van der Waals surface area contributed by atoms with Crippen molar-refractivity contribution in [2.24, 2.45) is 0 Å². The van der Waals surface area contributed by atoms with Crippen LogP contribution in [-0.4, -0.2) is 9.91 Å². The van der Waals surface area contributed by atoms with Crippen LogP contribution in [0.1, 0.15) is 5.69 Å². The minimum Gasteiger partial charge on any atom is -0.388 e. The maximum absolute atomic E-state index is 10.5. The van der Waals surface area contributed by atoms with Crippen molar-refractivity contribution >= 4 is 32.8 Å². The summed E-state index contributed by atoms with van der Waals surface area (Å²) in [5, 5.41) is 22.9. The first kappa shape index (κ1) is 11.8. The zero-order valence-corrected chi connectivity index (χ0v) is 9.77. The Morgan fingerprint density at radius 2 is 2.11 bits per heavy atom. The summed E-state index contributed by atoms with van der Waals surface area (Å²) >= 11 is 1.14. The van der Waals surface area contributed by atoms with Crippen LogP contribution in [0.25, 0.3) is 0 Å². The lowest BCUT2D eigenvalue weighted by molar-refractivity contribution is -0.384. The van der Waals surface area contributed by atoms with Gasteiger partial charge >= 0.3 is 0 Å². The fraction of sp³-hybridized carbons (Fsp3) is 0. The summed E-state index contributed by atoms with van der Waals surface area (Å²) in [4.78, 5) is 14.0. The van der Waals surface area contributed by atoms with Crippen molar-refractivity contribution in [1.29, 1.82) is 5.26 Å². The average molecular weight is 261 g/mol. The van der Waals surface area contributed by atoms with E-state index in [2.05, 4.69) is 10.3 Å². The Morgan fingerprint density at radius 3 is 2.61 bits per heavy atom. The molecule has 0 aliphatic carbocycles. The molecule has 2 rings (SSSR count). The van der Waals surface area contributed by atoms with Gasteiger partial charge in [0.1, 0.15) is 11.1 Å². The van der Waals surface area contributed by atoms with Gasteiger partial charge in [-0.05, 0) is 12.1 Å². The number of nitro groups is 1. The normalized spacial score (nSPS) is 9.72. The SMILES string of the molecule is N#Cc1nc(Nc2ccc([N+](=O)[O-])cc2)sc1N. The van der Waals surface area contributed by atoms with Gasteiger partial charge in [-0.3, -0.25) is 10.1 Å². The number of thiazole rings is 1. The summed E-state index contributed by atoms with van der Waals surface area (Å²) < 4.78 is 0. The number of hydrogen-bond acceptors (Lipinski definition) is 7. The molecule has 0 aliphatic rings. The lowest BCUT2D eigenvalue weighted by Gasteiger charge is -2.00. The van der Waals surface area contributed by atoms with Gasteiger partial charge in [0, 0.05) is 17.8 Å². The average Bonchev–Trinajstić information content (AvgIpc) is 2.70. The minimum absolute atomic E-state index is 0.0110. The molecule has 0 radical (unpaired) electrons. The monoisotopic (exact) mass is 261 g/mol. The van der Waals surface area contributed by atoms with Gasteiger partial charge in [-0.15, -0.1) is 0 Å². The first-order valence-electron chi connectivity index (χ1n) is 4.78. The molecule has 7 nitrogen and oxygen atoms in total. The van der Waals surface area contributed by atoms with Crippen LogP contribution in [0.4, 0.5) is 21.5 Å². The highest BCUT2D eigenvalue weighted by molar-refractivity contribution is 7.19. The van der Waals surface area contributed by atoms with Crippen molar-refractivity contribution in [1.82, 2.24) is 4.98 Å². The maximum Gasteiger partial charge on any atom is 0.269 e. The van der Waals surface area contributed by atoms with E-state index in [4.69, 9.17) is 11.0 Å². The highest BCUT2D eigenvalue weighted by Gasteiger charge is 2.09. The molecule has 2 aromatic rings. The quantitative estimate of drug-likeness (QED) is 0.646. The molecule has 0 fully saturated rings. The van der Waals surface area contributed by atoms with Gasteiger partial charge in [0.05, 0.1) is 4.92 Å². The molecule has 8 heteroatoms. The largest absolute Gasteiger partial charge is 0.388 e. The van der Waals surface area contributed by atoms with Gasteiger partial charge in [0.2, 0.25) is 0 Å². The molecule has 1 aromatic heterocycles. The lowest BCUT2D eigenvalue weighted by atomic mass is 10.3. The Balaban J connectivity index is 2.18. The molecule has 0 saturated heterocycles. The molecule has 0 saturated carbocycles. The van der Waals surface area contributed by atoms with E-state index in [1.165, 1.54) is 12.1 Å². The summed E-state index contributed by atoms with van der Waals surface area (Å²) in [7, 11) is 0. The van der Waals surface area contributed by atoms with Gasteiger partial charge in [0.25, 0.3) is 5.69 Å². The molecule has 1 heterocycles. The topological polar surface area (TPSA) is 118 Å². The molecule has 0 spiro atoms. The van der Waals surface area contributed by atoms with Crippen molar-refractivity contribution in [2.45, 2.75) is 0 Å². The number of nitro benzene ring substituents is 1. The van der Waals surface area contributed by atoms with E-state index in [0.717, 1.165) is 11.3 Å². The van der Waals surface area contributed by atoms with Gasteiger partial charge < -0.3 is 11.1 Å². The number of hydrogen-bond donors (Lipinski definition) is 2. The summed E-state index contributed by atoms with van der Waals surface area (Å²) in [6.07, 6.45) is 0. The van der Waals surface area contributed by atoms with Gasteiger partial charge in [0.15, 0.2) is 10.8 Å². The first-order chi connectivity index (χ1) is 8.60. The molecule has 1 aromatic carbocycles. The Labute approximate surface area is 106 Å². The van der Waals surface area contributed by atoms with Gasteiger partial charge in [-0.1, -0.05) is 11.3 Å². The Kier molecular flexibility index (Phi) is 3.07. The van der Waals surface area contributed by atoms with E-state index in [0.29, 0.717) is 15.8 Å². The second-order valence-corrected chi connectivity index (χ2v) is 4.30. The molecule has 0 unspecified atom stereocenters. The van der Waals surface area contributed by atoms with Crippen LogP contribution in [-0.2, 0) is 0 Å². The Morgan fingerprint density at radius 1 is 1.44 bits per heavy atom. The molecule has 90 valence electrons. The number of nitrogen functional groups attached to an aromatic ring is 1. The smallest absolute Gasteiger partial charge is 0.269 e. The third kappa shape index (κ3) is 2.36. The Bertz CT molecular complexity index is 629. The number of nitrogens with zero attached hydrogens (tertiary/aromatic N) is 3. The zero-order valence-electron chi connectivity index (χ0n) is 8.95. The second-order valence-electron chi connectivity index (χ2n) is 3.27. The number of benzene rings is 1. The van der Waals surface area contributed by atoms with Crippen LogP contribution in [0.15, 0.2) is 24.3 Å². The summed E-state index contributed by atoms with van der Waals surface area (Å²) in [6, 6.07) is 7.74. The Hall–Kier alpha value is -2.66. The minimum atomic E-state index is -0.473. The highest BCUT2D eigenvalue weighted by atomic mass is 32.1. The second kappa shape index (κ2) is 4.68. The van der Waals surface area contributed by atoms with Gasteiger partial charge in [-0.25, -0.2) is 4.98 Å². The number of anilines is 3. The zero-order chi connectivity index (χ0) is 13.1. The van der Waals surface area contributed by atoms with Crippen LogP contribution in [0.3, 0.4) is 0 Å². The van der Waals surface area contributed by atoms with Crippen molar-refractivity contribution in [3.8, 4) is 6.07 Å². The van der Waals surface area contributed by atoms with Crippen molar-refractivity contribution in [3.63, 3.8) is 0 Å². The van der Waals surface area contributed by atoms with Crippen LogP contribution in [0.5, 0.6) is 0 Å². The maximum atomic E-state index is 10.5. The number of aromatic nitrogens is 1. The van der Waals surface area contributed by atoms with E-state index < -0.39 is 4.92 Å². The fourth-order valence-corrected chi connectivity index (χ4v) is 1.96. The van der Waals surface area contributed by atoms with Crippen LogP contribution >= 0.6 is 11.3 Å². The highest BCUT2D eigenvalue weighted by Crippen LogP contribution is 2.28. The first-order valence-corrected chi connectivity index (χ1v) is 5.59. The van der Waals surface area contributed by atoms with Crippen molar-refractivity contribution < 1.29 is 4.92 Å². The number of nitriles is 1. The van der Waals surface area contributed by atoms with E-state index in [-0.39, 0.29) is 11.4 Å². The molecular formula is C10H7N5O2S. The molecule has 3 N–H and O–H groups in total. The predicted molar refractivity (Wildman–Crippen MR) is 67.6 cm³/mol. The molecule has 0 bridgehead atoms. The van der Waals surface area contributed by atoms with Crippen molar-refractivity contribution in [3.05, 3.63) is 40.1 Å². The van der Waals surface area contributed by atoms with E-state index in [1.807, 2.05) is 6.07 Å². The van der Waals surface area contributed by atoms with E-state index in [1.54, 1.807) is 12.1 Å². The number of nitrogens with two attached hydrogens (primary N) is 1. The summed E-state index contributed by atoms with van der Waals surface area (Å²) in [6.45, 7) is 0. The third-order valence-corrected chi connectivity index (χ3v) is 2.89. The van der Waals surface area contributed by atoms with Crippen LogP contribution < -0.4 is 11.1 Å².